The first kappa shape index (κ1) is 23.4. The zero-order valence-electron chi connectivity index (χ0n) is 19.3. The molecule has 7 heteroatoms. The van der Waals surface area contributed by atoms with Gasteiger partial charge in [0.25, 0.3) is 0 Å². The van der Waals surface area contributed by atoms with Crippen molar-refractivity contribution in [3.63, 3.8) is 0 Å². The average molecular weight is 432 g/mol. The van der Waals surface area contributed by atoms with Crippen LogP contribution in [-0.4, -0.2) is 65.4 Å². The van der Waals surface area contributed by atoms with E-state index < -0.39 is 0 Å². The summed E-state index contributed by atoms with van der Waals surface area (Å²) in [4.78, 5) is 45.0. The molecule has 2 saturated heterocycles. The van der Waals surface area contributed by atoms with Gasteiger partial charge in [-0.15, -0.1) is 0 Å². The molecule has 3 rings (SSSR count). The largest absolute Gasteiger partial charge is 0.461 e. The Morgan fingerprint density at radius 2 is 1.68 bits per heavy atom. The molecule has 0 saturated carbocycles. The molecule has 1 aromatic heterocycles. The van der Waals surface area contributed by atoms with Gasteiger partial charge in [-0.05, 0) is 64.0 Å². The van der Waals surface area contributed by atoms with Gasteiger partial charge in [0, 0.05) is 38.3 Å². The second-order valence-electron chi connectivity index (χ2n) is 8.87. The number of carbonyl (C=O) groups is 3. The number of esters is 1. The molecule has 1 atom stereocenters. The summed E-state index contributed by atoms with van der Waals surface area (Å²) in [6.07, 6.45) is 7.29. The summed E-state index contributed by atoms with van der Waals surface area (Å²) in [5.74, 6) is -0.102. The standard InChI is InChI=1S/C24H37N3O4/c1-4-31-24(30)22-17(2)20(18(3)25-22)11-12-21(28)27-15-9-10-19(16-27)23(29)26-13-7-5-6-8-14-26/h19,25H,4-16H2,1-3H3/t19-/m0/s1. The molecule has 2 amide bonds. The van der Waals surface area contributed by atoms with Crippen LogP contribution < -0.4 is 0 Å². The Morgan fingerprint density at radius 1 is 1.00 bits per heavy atom. The molecule has 2 fully saturated rings. The van der Waals surface area contributed by atoms with Crippen molar-refractivity contribution in [2.45, 2.75) is 72.1 Å². The lowest BCUT2D eigenvalue weighted by Gasteiger charge is -2.35. The first-order chi connectivity index (χ1) is 14.9. The van der Waals surface area contributed by atoms with Gasteiger partial charge in [0.1, 0.15) is 5.69 Å². The SMILES string of the molecule is CCOC(=O)c1[nH]c(C)c(CCC(=O)N2CCC[C@H](C(=O)N3CCCCCC3)C2)c1C. The number of aromatic nitrogens is 1. The fraction of sp³-hybridized carbons (Fsp3) is 0.708. The Bertz CT molecular complexity index is 793. The Kier molecular flexibility index (Phi) is 8.15. The predicted molar refractivity (Wildman–Crippen MR) is 119 cm³/mol. The molecule has 0 spiro atoms. The van der Waals surface area contributed by atoms with Crippen LogP contribution in [0.2, 0.25) is 0 Å². The van der Waals surface area contributed by atoms with Crippen molar-refractivity contribution in [1.82, 2.24) is 14.8 Å². The number of likely N-dealkylation sites (tertiary alicyclic amines) is 2. The highest BCUT2D eigenvalue weighted by atomic mass is 16.5. The first-order valence-corrected chi connectivity index (χ1v) is 11.8. The monoisotopic (exact) mass is 431 g/mol. The second-order valence-corrected chi connectivity index (χ2v) is 8.87. The number of aromatic amines is 1. The van der Waals surface area contributed by atoms with Crippen molar-refractivity contribution in [3.8, 4) is 0 Å². The van der Waals surface area contributed by atoms with Crippen LogP contribution in [0.3, 0.4) is 0 Å². The molecule has 2 aliphatic heterocycles. The highest BCUT2D eigenvalue weighted by Gasteiger charge is 2.31. The third-order valence-electron chi connectivity index (χ3n) is 6.70. The van der Waals surface area contributed by atoms with Gasteiger partial charge >= 0.3 is 5.97 Å². The number of ether oxygens (including phenoxy) is 1. The van der Waals surface area contributed by atoms with Gasteiger partial charge < -0.3 is 19.5 Å². The minimum Gasteiger partial charge on any atom is -0.461 e. The number of rotatable bonds is 6. The summed E-state index contributed by atoms with van der Waals surface area (Å²) in [7, 11) is 0. The lowest BCUT2D eigenvalue weighted by Crippen LogP contribution is -2.47. The van der Waals surface area contributed by atoms with Crippen molar-refractivity contribution in [2.75, 3.05) is 32.8 Å². The molecular formula is C24H37N3O4. The lowest BCUT2D eigenvalue weighted by molar-refractivity contribution is -0.140. The first-order valence-electron chi connectivity index (χ1n) is 11.8. The number of nitrogens with one attached hydrogen (secondary N) is 1. The van der Waals surface area contributed by atoms with E-state index >= 15 is 0 Å². The van der Waals surface area contributed by atoms with Gasteiger partial charge in [0.05, 0.1) is 12.5 Å². The van der Waals surface area contributed by atoms with E-state index in [1.54, 1.807) is 6.92 Å². The van der Waals surface area contributed by atoms with Crippen LogP contribution >= 0.6 is 0 Å². The zero-order chi connectivity index (χ0) is 22.4. The highest BCUT2D eigenvalue weighted by molar-refractivity contribution is 5.90. The van der Waals surface area contributed by atoms with E-state index in [1.807, 2.05) is 23.6 Å². The predicted octanol–water partition coefficient (Wildman–Crippen LogP) is 3.38. The molecule has 2 aliphatic rings. The van der Waals surface area contributed by atoms with Crippen LogP contribution in [0.1, 0.15) is 79.2 Å². The zero-order valence-corrected chi connectivity index (χ0v) is 19.3. The van der Waals surface area contributed by atoms with E-state index in [9.17, 15) is 14.4 Å². The normalized spacial score (nSPS) is 19.8. The highest BCUT2D eigenvalue weighted by Crippen LogP contribution is 2.24. The van der Waals surface area contributed by atoms with E-state index in [1.165, 1.54) is 12.8 Å². The number of carbonyl (C=O) groups excluding carboxylic acids is 3. The van der Waals surface area contributed by atoms with Gasteiger partial charge in [-0.25, -0.2) is 4.79 Å². The van der Waals surface area contributed by atoms with Crippen molar-refractivity contribution < 1.29 is 19.1 Å². The van der Waals surface area contributed by atoms with Gasteiger partial charge in [-0.1, -0.05) is 12.8 Å². The van der Waals surface area contributed by atoms with Crippen LogP contribution in [0.25, 0.3) is 0 Å². The van der Waals surface area contributed by atoms with Crippen molar-refractivity contribution in [3.05, 3.63) is 22.5 Å². The maximum Gasteiger partial charge on any atom is 0.355 e. The number of hydrogen-bond donors (Lipinski definition) is 1. The minimum absolute atomic E-state index is 0.0676. The van der Waals surface area contributed by atoms with E-state index in [0.29, 0.717) is 31.7 Å². The van der Waals surface area contributed by atoms with E-state index in [2.05, 4.69) is 4.98 Å². The molecular weight excluding hydrogens is 394 g/mol. The maximum atomic E-state index is 13.0. The van der Waals surface area contributed by atoms with Gasteiger partial charge in [0.15, 0.2) is 0 Å². The Labute approximate surface area is 185 Å². The van der Waals surface area contributed by atoms with Gasteiger partial charge in [-0.2, -0.15) is 0 Å². The molecule has 0 aromatic carbocycles. The third-order valence-corrected chi connectivity index (χ3v) is 6.70. The number of amides is 2. The Balaban J connectivity index is 1.57. The molecule has 1 N–H and O–H groups in total. The van der Waals surface area contributed by atoms with Crippen LogP contribution in [0.5, 0.6) is 0 Å². The fourth-order valence-corrected chi connectivity index (χ4v) is 4.92. The summed E-state index contributed by atoms with van der Waals surface area (Å²) in [5.41, 5.74) is 3.24. The molecule has 172 valence electrons. The van der Waals surface area contributed by atoms with Crippen LogP contribution in [-0.2, 0) is 20.7 Å². The number of nitrogens with zero attached hydrogens (tertiary/aromatic N) is 2. The summed E-state index contributed by atoms with van der Waals surface area (Å²) >= 11 is 0. The summed E-state index contributed by atoms with van der Waals surface area (Å²) < 4.78 is 5.11. The van der Waals surface area contributed by atoms with Crippen LogP contribution in [0, 0.1) is 19.8 Å². The maximum absolute atomic E-state index is 13.0. The fourth-order valence-electron chi connectivity index (χ4n) is 4.92. The van der Waals surface area contributed by atoms with E-state index in [4.69, 9.17) is 4.74 Å². The Morgan fingerprint density at radius 3 is 2.35 bits per heavy atom. The smallest absolute Gasteiger partial charge is 0.355 e. The van der Waals surface area contributed by atoms with Gasteiger partial charge in [0.2, 0.25) is 11.8 Å². The molecule has 0 bridgehead atoms. The summed E-state index contributed by atoms with van der Waals surface area (Å²) in [5, 5.41) is 0. The topological polar surface area (TPSA) is 82.7 Å². The molecule has 0 unspecified atom stereocenters. The molecule has 0 radical (unpaired) electrons. The molecule has 0 aliphatic carbocycles. The van der Waals surface area contributed by atoms with Crippen LogP contribution in [0.15, 0.2) is 0 Å². The number of piperidine rings is 1. The van der Waals surface area contributed by atoms with E-state index in [0.717, 1.165) is 62.1 Å². The number of hydrogen-bond acceptors (Lipinski definition) is 4. The van der Waals surface area contributed by atoms with Crippen molar-refractivity contribution in [1.29, 1.82) is 0 Å². The van der Waals surface area contributed by atoms with E-state index in [-0.39, 0.29) is 23.7 Å². The third kappa shape index (κ3) is 5.69. The molecule has 3 heterocycles. The summed E-state index contributed by atoms with van der Waals surface area (Å²) in [6.45, 7) is 8.91. The van der Waals surface area contributed by atoms with Crippen LogP contribution in [0.4, 0.5) is 0 Å². The lowest BCUT2D eigenvalue weighted by atomic mass is 9.95. The summed E-state index contributed by atoms with van der Waals surface area (Å²) in [6, 6.07) is 0. The minimum atomic E-state index is -0.355. The number of H-pyrrole nitrogens is 1. The molecule has 1 aromatic rings. The van der Waals surface area contributed by atoms with Crippen molar-refractivity contribution in [2.24, 2.45) is 5.92 Å². The van der Waals surface area contributed by atoms with Gasteiger partial charge in [-0.3, -0.25) is 9.59 Å². The Hall–Kier alpha value is -2.31. The molecule has 31 heavy (non-hydrogen) atoms. The second kappa shape index (κ2) is 10.8. The quantitative estimate of drug-likeness (QED) is 0.700. The average Bonchev–Trinajstić information content (AvgIpc) is 2.94. The molecule has 7 nitrogen and oxygen atoms in total. The number of aryl methyl sites for hydroxylation is 1. The van der Waals surface area contributed by atoms with Crippen molar-refractivity contribution >= 4 is 17.8 Å².